The average Bonchev–Trinajstić information content (AvgIpc) is 3.13. The molecule has 9 nitrogen and oxygen atoms in total. The molecule has 2 N–H and O–H groups in total. The van der Waals surface area contributed by atoms with Crippen LogP contribution in [0.15, 0.2) is 48.5 Å². The lowest BCUT2D eigenvalue weighted by Gasteiger charge is -2.37. The number of rotatable bonds is 4. The van der Waals surface area contributed by atoms with Crippen LogP contribution < -0.4 is 14.2 Å². The number of esters is 3. The fourth-order valence-corrected chi connectivity index (χ4v) is 4.33. The van der Waals surface area contributed by atoms with Crippen molar-refractivity contribution in [2.24, 2.45) is 0 Å². The Labute approximate surface area is 199 Å². The number of hydrogen-bond acceptors (Lipinski definition) is 9. The van der Waals surface area contributed by atoms with Crippen LogP contribution in [-0.2, 0) is 19.9 Å². The number of aromatic hydroxyl groups is 2. The van der Waals surface area contributed by atoms with Gasteiger partial charge in [0.25, 0.3) is 0 Å². The van der Waals surface area contributed by atoms with Gasteiger partial charge in [-0.15, -0.1) is 0 Å². The van der Waals surface area contributed by atoms with E-state index in [0.717, 1.165) is 0 Å². The fourth-order valence-electron chi connectivity index (χ4n) is 4.33. The molecule has 178 valence electrons. The van der Waals surface area contributed by atoms with E-state index in [0.29, 0.717) is 11.1 Å². The Morgan fingerprint density at radius 3 is 2.29 bits per heavy atom. The molecule has 0 fully saturated rings. The number of carbonyl (C=O) groups is 3. The van der Waals surface area contributed by atoms with Crippen LogP contribution in [-0.4, -0.2) is 28.1 Å². The topological polar surface area (TPSA) is 129 Å². The number of phenolic OH excluding ortho intramolecular Hbond substituents is 2. The highest BCUT2D eigenvalue weighted by molar-refractivity contribution is 5.97. The maximum atomic E-state index is 13.0. The van der Waals surface area contributed by atoms with E-state index >= 15 is 0 Å². The van der Waals surface area contributed by atoms with Crippen LogP contribution in [0.3, 0.4) is 0 Å². The van der Waals surface area contributed by atoms with E-state index in [9.17, 15) is 24.6 Å². The zero-order valence-corrected chi connectivity index (χ0v) is 18.8. The smallest absolute Gasteiger partial charge is 0.340 e. The van der Waals surface area contributed by atoms with E-state index in [4.69, 9.17) is 18.9 Å². The van der Waals surface area contributed by atoms with Gasteiger partial charge in [0, 0.05) is 36.1 Å². The number of hydrogen-bond donors (Lipinski definition) is 2. The number of benzene rings is 3. The molecule has 0 amide bonds. The van der Waals surface area contributed by atoms with Crippen LogP contribution in [0.25, 0.3) is 0 Å². The van der Waals surface area contributed by atoms with E-state index < -0.39 is 35.0 Å². The molecule has 0 aliphatic carbocycles. The van der Waals surface area contributed by atoms with Crippen molar-refractivity contribution in [3.8, 4) is 34.5 Å². The van der Waals surface area contributed by atoms with Gasteiger partial charge < -0.3 is 29.2 Å². The van der Waals surface area contributed by atoms with Gasteiger partial charge in [0.2, 0.25) is 5.75 Å². The molecule has 35 heavy (non-hydrogen) atoms. The molecule has 1 spiro atoms. The second kappa shape index (κ2) is 8.05. The number of fused-ring (bicyclic) bond motifs is 6. The van der Waals surface area contributed by atoms with E-state index in [-0.39, 0.29) is 47.0 Å². The Bertz CT molecular complexity index is 1410. The molecule has 0 saturated carbocycles. The SMILES string of the molecule is CCC(=O)Oc1c(O)cc2c(c1OC(=O)CC)C1(OC(=O)c3ccccc31)c1ccc(O)cc1O2. The lowest BCUT2D eigenvalue weighted by molar-refractivity contribution is -0.137. The first-order valence-corrected chi connectivity index (χ1v) is 11.0. The van der Waals surface area contributed by atoms with Crippen molar-refractivity contribution in [2.45, 2.75) is 32.3 Å². The lowest BCUT2D eigenvalue weighted by Crippen LogP contribution is -2.34. The van der Waals surface area contributed by atoms with Gasteiger partial charge in [-0.05, 0) is 18.2 Å². The number of carbonyl (C=O) groups excluding carboxylic acids is 3. The Morgan fingerprint density at radius 1 is 0.886 bits per heavy atom. The third-order valence-electron chi connectivity index (χ3n) is 5.88. The highest BCUT2D eigenvalue weighted by Crippen LogP contribution is 2.62. The molecule has 0 saturated heterocycles. The summed E-state index contributed by atoms with van der Waals surface area (Å²) in [7, 11) is 0. The summed E-state index contributed by atoms with van der Waals surface area (Å²) in [6.45, 7) is 3.14. The molecule has 3 aromatic carbocycles. The maximum Gasteiger partial charge on any atom is 0.340 e. The van der Waals surface area contributed by atoms with E-state index in [1.165, 1.54) is 24.3 Å². The minimum atomic E-state index is -1.69. The summed E-state index contributed by atoms with van der Waals surface area (Å²) in [5.74, 6) is -3.20. The molecular weight excluding hydrogens is 456 g/mol. The van der Waals surface area contributed by atoms with Crippen LogP contribution in [0.4, 0.5) is 0 Å². The van der Waals surface area contributed by atoms with Crippen molar-refractivity contribution in [1.82, 2.24) is 0 Å². The van der Waals surface area contributed by atoms with Gasteiger partial charge in [-0.3, -0.25) is 9.59 Å². The van der Waals surface area contributed by atoms with Gasteiger partial charge in [0.1, 0.15) is 17.2 Å². The molecule has 2 aliphatic rings. The molecular formula is C26H20O9. The normalized spacial score (nSPS) is 17.0. The van der Waals surface area contributed by atoms with Gasteiger partial charge in [-0.2, -0.15) is 0 Å². The summed E-state index contributed by atoms with van der Waals surface area (Å²) in [5.41, 5.74) is -0.587. The molecule has 5 rings (SSSR count). The molecule has 2 aliphatic heterocycles. The first-order chi connectivity index (χ1) is 16.8. The second-order valence-electron chi connectivity index (χ2n) is 7.98. The Balaban J connectivity index is 1.91. The van der Waals surface area contributed by atoms with Gasteiger partial charge >= 0.3 is 17.9 Å². The van der Waals surface area contributed by atoms with Gasteiger partial charge in [-0.1, -0.05) is 32.0 Å². The Hall–Kier alpha value is -4.53. The molecule has 0 bridgehead atoms. The van der Waals surface area contributed by atoms with Gasteiger partial charge in [-0.25, -0.2) is 4.79 Å². The summed E-state index contributed by atoms with van der Waals surface area (Å²) >= 11 is 0. The van der Waals surface area contributed by atoms with Crippen molar-refractivity contribution in [3.63, 3.8) is 0 Å². The Kier molecular flexibility index (Phi) is 5.12. The van der Waals surface area contributed by atoms with Crippen LogP contribution in [0.1, 0.15) is 53.7 Å². The van der Waals surface area contributed by atoms with Crippen LogP contribution in [0.2, 0.25) is 0 Å². The van der Waals surface area contributed by atoms with Crippen LogP contribution in [0, 0.1) is 0 Å². The monoisotopic (exact) mass is 476 g/mol. The molecule has 1 atom stereocenters. The van der Waals surface area contributed by atoms with Crippen LogP contribution >= 0.6 is 0 Å². The maximum absolute atomic E-state index is 13.0. The summed E-state index contributed by atoms with van der Waals surface area (Å²) in [6, 6.07) is 12.1. The third-order valence-corrected chi connectivity index (χ3v) is 5.88. The van der Waals surface area contributed by atoms with Gasteiger partial charge in [0.15, 0.2) is 17.1 Å². The van der Waals surface area contributed by atoms with E-state index in [1.54, 1.807) is 38.1 Å². The molecule has 2 heterocycles. The molecule has 3 aromatic rings. The molecule has 0 aromatic heterocycles. The minimum Gasteiger partial charge on any atom is -0.508 e. The van der Waals surface area contributed by atoms with Crippen molar-refractivity contribution in [1.29, 1.82) is 0 Å². The molecule has 1 unspecified atom stereocenters. The van der Waals surface area contributed by atoms with E-state index in [1.807, 2.05) is 0 Å². The Morgan fingerprint density at radius 2 is 1.57 bits per heavy atom. The van der Waals surface area contributed by atoms with Crippen molar-refractivity contribution < 1.29 is 43.5 Å². The number of ether oxygens (including phenoxy) is 4. The second-order valence-corrected chi connectivity index (χ2v) is 7.98. The van der Waals surface area contributed by atoms with E-state index in [2.05, 4.69) is 0 Å². The first-order valence-electron chi connectivity index (χ1n) is 11.0. The highest BCUT2D eigenvalue weighted by atomic mass is 16.6. The summed E-state index contributed by atoms with van der Waals surface area (Å²) in [4.78, 5) is 37.7. The zero-order chi connectivity index (χ0) is 24.9. The lowest BCUT2D eigenvalue weighted by atomic mass is 9.77. The van der Waals surface area contributed by atoms with Gasteiger partial charge in [0.05, 0.1) is 11.1 Å². The van der Waals surface area contributed by atoms with Crippen LogP contribution in [0.5, 0.6) is 34.5 Å². The minimum absolute atomic E-state index is 0.0136. The zero-order valence-electron chi connectivity index (χ0n) is 18.8. The van der Waals surface area contributed by atoms with Crippen molar-refractivity contribution in [3.05, 3.63) is 70.8 Å². The molecule has 9 heteroatoms. The molecule has 0 radical (unpaired) electrons. The standard InChI is InChI=1S/C26H20O9/c1-3-20(29)33-23-17(28)12-19-22(24(23)34-21(30)4-2)26(16-10-9-13(27)11-18(16)32-19)15-8-6-5-7-14(15)25(31)35-26/h5-12,27-28H,3-4H2,1-2H3. The van der Waals surface area contributed by atoms with Crippen molar-refractivity contribution in [2.75, 3.05) is 0 Å². The largest absolute Gasteiger partial charge is 0.508 e. The van der Waals surface area contributed by atoms with Crippen molar-refractivity contribution >= 4 is 17.9 Å². The fraction of sp³-hybridized carbons (Fsp3) is 0.192. The highest BCUT2D eigenvalue weighted by Gasteiger charge is 2.56. The average molecular weight is 476 g/mol. The quantitative estimate of drug-likeness (QED) is 0.418. The summed E-state index contributed by atoms with van der Waals surface area (Å²) in [5, 5.41) is 20.8. The summed E-state index contributed by atoms with van der Waals surface area (Å²) < 4.78 is 23.0. The first kappa shape index (κ1) is 22.3. The predicted molar refractivity (Wildman–Crippen MR) is 120 cm³/mol. The predicted octanol–water partition coefficient (Wildman–Crippen LogP) is 4.30. The summed E-state index contributed by atoms with van der Waals surface area (Å²) in [6.07, 6.45) is -0.0421. The number of phenols is 2. The third kappa shape index (κ3) is 3.27.